The molecule has 1 aliphatic rings. The number of nitrogens with zero attached hydrogens (tertiary/aromatic N) is 1. The van der Waals surface area contributed by atoms with Gasteiger partial charge in [-0.05, 0) is 40.8 Å². The van der Waals surface area contributed by atoms with Crippen LogP contribution in [-0.2, 0) is 10.9 Å². The summed E-state index contributed by atoms with van der Waals surface area (Å²) in [6.07, 6.45) is -7.96. The highest BCUT2D eigenvalue weighted by Gasteiger charge is 2.37. The third-order valence-corrected chi connectivity index (χ3v) is 5.84. The maximum atomic E-state index is 13.1. The summed E-state index contributed by atoms with van der Waals surface area (Å²) in [4.78, 5) is 15.8. The number of alkyl halides is 3. The molecule has 9 heteroatoms. The lowest BCUT2D eigenvalue weighted by molar-refractivity contribution is -0.140. The molecule has 34 heavy (non-hydrogen) atoms. The number of ether oxygens (including phenoxy) is 1. The van der Waals surface area contributed by atoms with E-state index in [2.05, 4.69) is 10.3 Å². The topological polar surface area (TPSA) is 91.7 Å². The summed E-state index contributed by atoms with van der Waals surface area (Å²) in [6.45, 7) is -0.00297. The van der Waals surface area contributed by atoms with Crippen LogP contribution in [0, 0.1) is 0 Å². The van der Waals surface area contributed by atoms with Gasteiger partial charge in [0.25, 0.3) is 0 Å². The van der Waals surface area contributed by atoms with Crippen LogP contribution in [0.15, 0.2) is 66.9 Å². The Morgan fingerprint density at radius 3 is 2.24 bits per heavy atom. The van der Waals surface area contributed by atoms with Crippen LogP contribution in [0.25, 0.3) is 11.1 Å². The Balaban J connectivity index is 1.30. The number of aliphatic hydroxyl groups is 2. The summed E-state index contributed by atoms with van der Waals surface area (Å²) in [5.41, 5.74) is 2.53. The van der Waals surface area contributed by atoms with E-state index in [1.54, 1.807) is 0 Å². The predicted octanol–water partition coefficient (Wildman–Crippen LogP) is 4.42. The summed E-state index contributed by atoms with van der Waals surface area (Å²) in [5.74, 6) is -0.115. The van der Waals surface area contributed by atoms with E-state index in [4.69, 9.17) is 4.74 Å². The SMILES string of the molecule is O=C(NCCC(O)C(O)c1ncccc1C(F)(F)F)OCC1c2ccccc2-c2ccccc21. The van der Waals surface area contributed by atoms with Gasteiger partial charge < -0.3 is 20.3 Å². The summed E-state index contributed by atoms with van der Waals surface area (Å²) in [5, 5.41) is 22.8. The number of amides is 1. The van der Waals surface area contributed by atoms with Crippen molar-refractivity contribution in [2.45, 2.75) is 30.7 Å². The average Bonchev–Trinajstić information content (AvgIpc) is 3.15. The van der Waals surface area contributed by atoms with Crippen LogP contribution in [0.2, 0.25) is 0 Å². The Kier molecular flexibility index (Phi) is 6.85. The van der Waals surface area contributed by atoms with Crippen molar-refractivity contribution in [2.24, 2.45) is 0 Å². The van der Waals surface area contributed by atoms with Crippen molar-refractivity contribution in [1.29, 1.82) is 0 Å². The Labute approximate surface area is 194 Å². The zero-order chi connectivity index (χ0) is 24.3. The number of carbonyl (C=O) groups excluding carboxylic acids is 1. The molecule has 0 fully saturated rings. The fourth-order valence-corrected chi connectivity index (χ4v) is 4.20. The number of fused-ring (bicyclic) bond motifs is 3. The smallest absolute Gasteiger partial charge is 0.418 e. The van der Waals surface area contributed by atoms with E-state index < -0.39 is 35.7 Å². The summed E-state index contributed by atoms with van der Waals surface area (Å²) in [7, 11) is 0. The van der Waals surface area contributed by atoms with Crippen molar-refractivity contribution >= 4 is 6.09 Å². The molecule has 2 atom stereocenters. The summed E-state index contributed by atoms with van der Waals surface area (Å²) in [6, 6.07) is 17.7. The van der Waals surface area contributed by atoms with Crippen molar-refractivity contribution in [3.05, 3.63) is 89.2 Å². The molecule has 3 N–H and O–H groups in total. The number of nitrogens with one attached hydrogen (secondary N) is 1. The number of hydrogen-bond acceptors (Lipinski definition) is 5. The van der Waals surface area contributed by atoms with Crippen molar-refractivity contribution in [3.8, 4) is 11.1 Å². The number of aliphatic hydroxyl groups excluding tert-OH is 2. The Hall–Kier alpha value is -3.43. The Morgan fingerprint density at radius 1 is 1.00 bits per heavy atom. The number of carbonyl (C=O) groups is 1. The molecule has 6 nitrogen and oxygen atoms in total. The van der Waals surface area contributed by atoms with Gasteiger partial charge in [-0.25, -0.2) is 4.79 Å². The molecule has 4 rings (SSSR count). The van der Waals surface area contributed by atoms with Crippen LogP contribution in [0.3, 0.4) is 0 Å². The number of alkyl carbamates (subject to hydrolysis) is 1. The van der Waals surface area contributed by atoms with Gasteiger partial charge in [0.1, 0.15) is 12.7 Å². The summed E-state index contributed by atoms with van der Waals surface area (Å²) < 4.78 is 44.7. The molecule has 0 aliphatic heterocycles. The Morgan fingerprint density at radius 2 is 1.62 bits per heavy atom. The van der Waals surface area contributed by atoms with E-state index in [0.717, 1.165) is 40.6 Å². The van der Waals surface area contributed by atoms with E-state index in [0.29, 0.717) is 0 Å². The van der Waals surface area contributed by atoms with Gasteiger partial charge in [0.2, 0.25) is 0 Å². The first-order valence-corrected chi connectivity index (χ1v) is 10.7. The van der Waals surface area contributed by atoms with E-state index in [1.807, 2.05) is 48.5 Å². The van der Waals surface area contributed by atoms with E-state index in [9.17, 15) is 28.2 Å². The van der Waals surface area contributed by atoms with Crippen LogP contribution in [0.4, 0.5) is 18.0 Å². The highest BCUT2D eigenvalue weighted by molar-refractivity contribution is 5.79. The van der Waals surface area contributed by atoms with Crippen molar-refractivity contribution in [2.75, 3.05) is 13.2 Å². The van der Waals surface area contributed by atoms with Crippen molar-refractivity contribution in [3.63, 3.8) is 0 Å². The minimum absolute atomic E-state index is 0.105. The van der Waals surface area contributed by atoms with Gasteiger partial charge in [-0.15, -0.1) is 0 Å². The van der Waals surface area contributed by atoms with Crippen LogP contribution >= 0.6 is 0 Å². The monoisotopic (exact) mass is 472 g/mol. The molecule has 1 heterocycles. The van der Waals surface area contributed by atoms with Crippen LogP contribution in [0.5, 0.6) is 0 Å². The fourth-order valence-electron chi connectivity index (χ4n) is 4.20. The lowest BCUT2D eigenvalue weighted by atomic mass is 9.98. The molecule has 1 aliphatic carbocycles. The molecule has 2 aromatic carbocycles. The molecular formula is C25H23F3N2O4. The first kappa shape index (κ1) is 23.7. The largest absolute Gasteiger partial charge is 0.449 e. The van der Waals surface area contributed by atoms with E-state index in [-0.39, 0.29) is 25.5 Å². The molecular weight excluding hydrogens is 449 g/mol. The van der Waals surface area contributed by atoms with Gasteiger partial charge in [0.15, 0.2) is 0 Å². The fraction of sp³-hybridized carbons (Fsp3) is 0.280. The molecule has 2 unspecified atom stereocenters. The second-order valence-electron chi connectivity index (χ2n) is 7.99. The second-order valence-corrected chi connectivity index (χ2v) is 7.99. The lowest BCUT2D eigenvalue weighted by Crippen LogP contribution is -2.31. The van der Waals surface area contributed by atoms with E-state index >= 15 is 0 Å². The maximum absolute atomic E-state index is 13.1. The molecule has 3 aromatic rings. The number of halogens is 3. The normalized spacial score (nSPS) is 14.7. The van der Waals surface area contributed by atoms with Crippen LogP contribution in [-0.4, -0.2) is 40.5 Å². The Bertz CT molecular complexity index is 1120. The number of pyridine rings is 1. The summed E-state index contributed by atoms with van der Waals surface area (Å²) >= 11 is 0. The third kappa shape index (κ3) is 4.90. The zero-order valence-electron chi connectivity index (χ0n) is 18.0. The number of aromatic nitrogens is 1. The minimum atomic E-state index is -4.72. The predicted molar refractivity (Wildman–Crippen MR) is 118 cm³/mol. The molecule has 0 spiro atoms. The molecule has 1 aromatic heterocycles. The molecule has 0 bridgehead atoms. The number of hydrogen-bond donors (Lipinski definition) is 3. The second kappa shape index (κ2) is 9.82. The first-order valence-electron chi connectivity index (χ1n) is 10.7. The molecule has 178 valence electrons. The highest BCUT2D eigenvalue weighted by Crippen LogP contribution is 2.44. The molecule has 0 saturated heterocycles. The van der Waals surface area contributed by atoms with Gasteiger partial charge in [0, 0.05) is 18.7 Å². The lowest BCUT2D eigenvalue weighted by Gasteiger charge is -2.21. The quantitative estimate of drug-likeness (QED) is 0.474. The maximum Gasteiger partial charge on any atom is 0.418 e. The standard InChI is InChI=1S/C25H23F3N2O4/c26-25(27,28)20-10-5-12-29-22(20)23(32)21(31)11-13-30-24(33)34-14-19-17-8-3-1-6-15(17)16-7-2-4-9-18(16)19/h1-10,12,19,21,23,31-32H,11,13-14H2,(H,30,33). The van der Waals surface area contributed by atoms with E-state index in [1.165, 1.54) is 0 Å². The molecule has 0 saturated carbocycles. The van der Waals surface area contributed by atoms with Crippen LogP contribution in [0.1, 0.15) is 40.8 Å². The van der Waals surface area contributed by atoms with Gasteiger partial charge >= 0.3 is 12.3 Å². The van der Waals surface area contributed by atoms with Gasteiger partial charge in [0.05, 0.1) is 17.4 Å². The highest BCUT2D eigenvalue weighted by atomic mass is 19.4. The van der Waals surface area contributed by atoms with Crippen molar-refractivity contribution in [1.82, 2.24) is 10.3 Å². The molecule has 1 amide bonds. The van der Waals surface area contributed by atoms with Crippen LogP contribution < -0.4 is 5.32 Å². The van der Waals surface area contributed by atoms with Gasteiger partial charge in [-0.2, -0.15) is 13.2 Å². The minimum Gasteiger partial charge on any atom is -0.449 e. The van der Waals surface area contributed by atoms with Crippen molar-refractivity contribution < 1.29 is 32.9 Å². The average molecular weight is 472 g/mol. The van der Waals surface area contributed by atoms with Gasteiger partial charge in [-0.1, -0.05) is 48.5 Å². The molecule has 0 radical (unpaired) electrons. The first-order chi connectivity index (χ1) is 16.3. The number of benzene rings is 2. The number of rotatable bonds is 7. The third-order valence-electron chi connectivity index (χ3n) is 5.84. The zero-order valence-corrected chi connectivity index (χ0v) is 18.0. The van der Waals surface area contributed by atoms with Gasteiger partial charge in [-0.3, -0.25) is 4.98 Å².